The van der Waals surface area contributed by atoms with Crippen molar-refractivity contribution in [2.24, 2.45) is 0 Å². The Kier molecular flexibility index (Phi) is 4.66. The van der Waals surface area contributed by atoms with Crippen molar-refractivity contribution in [3.63, 3.8) is 0 Å². The van der Waals surface area contributed by atoms with Gasteiger partial charge in [-0.3, -0.25) is 4.57 Å². The lowest BCUT2D eigenvalue weighted by atomic mass is 10.1. The molecule has 11 heteroatoms. The van der Waals surface area contributed by atoms with Crippen molar-refractivity contribution in [3.8, 4) is 0 Å². The van der Waals surface area contributed by atoms with Crippen molar-refractivity contribution in [1.82, 2.24) is 9.55 Å². The first kappa shape index (κ1) is 15.3. The molecule has 2 rings (SSSR count). The second-order valence-corrected chi connectivity index (χ2v) is 4.90. The van der Waals surface area contributed by atoms with E-state index < -0.39 is 38.8 Å². The Morgan fingerprint density at radius 2 is 2.15 bits per heavy atom. The SMILES string of the molecule is Nc1ccn(C2OC(COP(O)O)C(O)C2O)c(=O)n1. The zero-order chi connectivity index (χ0) is 14.9. The van der Waals surface area contributed by atoms with Gasteiger partial charge in [0.25, 0.3) is 0 Å². The summed E-state index contributed by atoms with van der Waals surface area (Å²) in [5.74, 6) is 0.0189. The summed E-state index contributed by atoms with van der Waals surface area (Å²) in [6.45, 7) is -0.343. The van der Waals surface area contributed by atoms with Gasteiger partial charge in [0, 0.05) is 6.20 Å². The highest BCUT2D eigenvalue weighted by molar-refractivity contribution is 7.39. The first-order valence-corrected chi connectivity index (χ1v) is 6.73. The molecule has 1 aromatic heterocycles. The molecule has 0 spiro atoms. The highest BCUT2D eigenvalue weighted by atomic mass is 31.2. The molecule has 6 N–H and O–H groups in total. The van der Waals surface area contributed by atoms with E-state index in [9.17, 15) is 15.0 Å². The number of aromatic nitrogens is 2. The Morgan fingerprint density at radius 1 is 1.45 bits per heavy atom. The quantitative estimate of drug-likeness (QED) is 0.384. The number of aliphatic hydroxyl groups is 2. The molecule has 0 radical (unpaired) electrons. The van der Waals surface area contributed by atoms with Crippen LogP contribution in [0.15, 0.2) is 17.1 Å². The Morgan fingerprint density at radius 3 is 2.75 bits per heavy atom. The summed E-state index contributed by atoms with van der Waals surface area (Å²) in [6.07, 6.45) is -3.64. The van der Waals surface area contributed by atoms with Gasteiger partial charge in [0.15, 0.2) is 6.23 Å². The lowest BCUT2D eigenvalue weighted by Crippen LogP contribution is -2.36. The lowest BCUT2D eigenvalue weighted by Gasteiger charge is -2.16. The van der Waals surface area contributed by atoms with E-state index in [1.54, 1.807) is 0 Å². The van der Waals surface area contributed by atoms with Crippen molar-refractivity contribution in [2.75, 3.05) is 12.3 Å². The van der Waals surface area contributed by atoms with E-state index in [1.807, 2.05) is 0 Å². The van der Waals surface area contributed by atoms with E-state index in [1.165, 1.54) is 12.3 Å². The zero-order valence-corrected chi connectivity index (χ0v) is 11.0. The Balaban J connectivity index is 2.15. The third kappa shape index (κ3) is 3.13. The average molecular weight is 307 g/mol. The van der Waals surface area contributed by atoms with Crippen molar-refractivity contribution in [3.05, 3.63) is 22.7 Å². The first-order valence-electron chi connectivity index (χ1n) is 5.57. The van der Waals surface area contributed by atoms with Gasteiger partial charge in [-0.1, -0.05) is 0 Å². The molecule has 0 bridgehead atoms. The molecule has 0 aliphatic carbocycles. The molecule has 10 nitrogen and oxygen atoms in total. The normalized spacial score (nSPS) is 30.1. The van der Waals surface area contributed by atoms with E-state index >= 15 is 0 Å². The van der Waals surface area contributed by atoms with Crippen LogP contribution in [0.1, 0.15) is 6.23 Å². The summed E-state index contributed by atoms with van der Waals surface area (Å²) in [5.41, 5.74) is 4.60. The van der Waals surface area contributed by atoms with Crippen LogP contribution in [0, 0.1) is 0 Å². The molecule has 1 fully saturated rings. The van der Waals surface area contributed by atoms with Gasteiger partial charge < -0.3 is 35.0 Å². The Bertz CT molecular complexity index is 525. The largest absolute Gasteiger partial charge is 0.387 e. The second-order valence-electron chi connectivity index (χ2n) is 4.14. The number of nitrogens with two attached hydrogens (primary N) is 1. The minimum absolute atomic E-state index is 0.0189. The summed E-state index contributed by atoms with van der Waals surface area (Å²) in [6, 6.07) is 1.34. The van der Waals surface area contributed by atoms with E-state index in [2.05, 4.69) is 9.51 Å². The van der Waals surface area contributed by atoms with Crippen molar-refractivity contribution >= 4 is 14.4 Å². The fourth-order valence-corrected chi connectivity index (χ4v) is 2.14. The molecule has 4 unspecified atom stereocenters. The van der Waals surface area contributed by atoms with Crippen LogP contribution in [-0.2, 0) is 9.26 Å². The molecule has 1 aliphatic heterocycles. The van der Waals surface area contributed by atoms with Crippen LogP contribution >= 0.6 is 8.60 Å². The maximum absolute atomic E-state index is 11.6. The maximum atomic E-state index is 11.6. The molecule has 20 heavy (non-hydrogen) atoms. The lowest BCUT2D eigenvalue weighted by molar-refractivity contribution is -0.0525. The summed E-state index contributed by atoms with van der Waals surface area (Å²) in [5, 5.41) is 19.6. The third-order valence-corrected chi connectivity index (χ3v) is 3.20. The predicted molar refractivity (Wildman–Crippen MR) is 66.1 cm³/mol. The highest BCUT2D eigenvalue weighted by Crippen LogP contribution is 2.32. The third-order valence-electron chi connectivity index (χ3n) is 2.82. The van der Waals surface area contributed by atoms with Gasteiger partial charge in [0.05, 0.1) is 6.61 Å². The number of aliphatic hydroxyl groups excluding tert-OH is 2. The Labute approximate surface area is 114 Å². The van der Waals surface area contributed by atoms with E-state index in [-0.39, 0.29) is 12.4 Å². The van der Waals surface area contributed by atoms with Crippen LogP contribution in [0.2, 0.25) is 0 Å². The van der Waals surface area contributed by atoms with E-state index in [0.717, 1.165) is 4.57 Å². The van der Waals surface area contributed by atoms with Crippen molar-refractivity contribution in [2.45, 2.75) is 24.5 Å². The molecule has 4 atom stereocenters. The number of nitrogens with zero attached hydrogens (tertiary/aromatic N) is 2. The first-order chi connectivity index (χ1) is 9.40. The monoisotopic (exact) mass is 307 g/mol. The number of ether oxygens (including phenoxy) is 1. The van der Waals surface area contributed by atoms with Gasteiger partial charge in [-0.05, 0) is 6.07 Å². The van der Waals surface area contributed by atoms with E-state index in [4.69, 9.17) is 20.3 Å². The van der Waals surface area contributed by atoms with Crippen LogP contribution in [0.25, 0.3) is 0 Å². The number of hydrogen-bond donors (Lipinski definition) is 5. The van der Waals surface area contributed by atoms with Gasteiger partial charge in [0.1, 0.15) is 24.1 Å². The van der Waals surface area contributed by atoms with Crippen LogP contribution in [-0.4, -0.2) is 54.5 Å². The molecule has 0 saturated carbocycles. The summed E-state index contributed by atoms with van der Waals surface area (Å²) < 4.78 is 10.8. The van der Waals surface area contributed by atoms with Crippen LogP contribution in [0.4, 0.5) is 5.82 Å². The fourth-order valence-electron chi connectivity index (χ4n) is 1.86. The highest BCUT2D eigenvalue weighted by Gasteiger charge is 2.44. The Hall–Kier alpha value is -1.13. The summed E-state index contributed by atoms with van der Waals surface area (Å²) in [4.78, 5) is 32.4. The van der Waals surface area contributed by atoms with Crippen molar-refractivity contribution in [1.29, 1.82) is 0 Å². The van der Waals surface area contributed by atoms with Gasteiger partial charge in [-0.2, -0.15) is 4.98 Å². The fraction of sp³-hybridized carbons (Fsp3) is 0.556. The van der Waals surface area contributed by atoms with Gasteiger partial charge in [-0.25, -0.2) is 4.79 Å². The molecule has 0 aromatic carbocycles. The standard InChI is InChI=1S/C9H14N3O7P/c10-5-1-2-12(9(15)11-5)8-7(14)6(13)4(19-8)3-18-20(16)17/h1-2,4,6-8,13-14,16-17H,3H2,(H2,10,11,15). The van der Waals surface area contributed by atoms with E-state index in [0.29, 0.717) is 0 Å². The molecule has 1 saturated heterocycles. The topological polar surface area (TPSA) is 160 Å². The number of nitrogen functional groups attached to an aromatic ring is 1. The second kappa shape index (κ2) is 6.10. The van der Waals surface area contributed by atoms with Crippen LogP contribution in [0.5, 0.6) is 0 Å². The molecule has 2 heterocycles. The minimum atomic E-state index is -2.60. The summed E-state index contributed by atoms with van der Waals surface area (Å²) >= 11 is 0. The molecule has 1 aliphatic rings. The predicted octanol–water partition coefficient (Wildman–Crippen LogP) is -2.33. The van der Waals surface area contributed by atoms with Crippen LogP contribution < -0.4 is 11.4 Å². The maximum Gasteiger partial charge on any atom is 0.351 e. The smallest absolute Gasteiger partial charge is 0.351 e. The summed E-state index contributed by atoms with van der Waals surface area (Å²) in [7, 11) is -2.60. The molecule has 112 valence electrons. The molecule has 1 aromatic rings. The molecule has 0 amide bonds. The number of anilines is 1. The minimum Gasteiger partial charge on any atom is -0.387 e. The van der Waals surface area contributed by atoms with Gasteiger partial charge in [0.2, 0.25) is 0 Å². The van der Waals surface area contributed by atoms with Gasteiger partial charge in [-0.15, -0.1) is 0 Å². The molecular formula is C9H14N3O7P. The van der Waals surface area contributed by atoms with Crippen LogP contribution in [0.3, 0.4) is 0 Å². The molecular weight excluding hydrogens is 293 g/mol. The zero-order valence-electron chi connectivity index (χ0n) is 10.1. The average Bonchev–Trinajstić information content (AvgIpc) is 2.64. The number of hydrogen-bond acceptors (Lipinski definition) is 9. The number of rotatable bonds is 4. The van der Waals surface area contributed by atoms with Gasteiger partial charge >= 0.3 is 14.3 Å². The van der Waals surface area contributed by atoms with Crippen molar-refractivity contribution < 1.29 is 29.3 Å².